The molecule has 0 bridgehead atoms. The van der Waals surface area contributed by atoms with Crippen molar-refractivity contribution < 1.29 is 18.4 Å². The number of nitrogens with one attached hydrogen (secondary N) is 2. The topological polar surface area (TPSA) is 80.2 Å². The van der Waals surface area contributed by atoms with Crippen LogP contribution in [0.1, 0.15) is 24.1 Å². The fraction of sp³-hybridized carbons (Fsp3) is 0.250. The lowest BCUT2D eigenvalue weighted by Crippen LogP contribution is -2.18. The molecule has 0 saturated carbocycles. The number of rotatable bonds is 5. The summed E-state index contributed by atoms with van der Waals surface area (Å²) in [6.07, 6.45) is 0. The van der Waals surface area contributed by atoms with Crippen molar-refractivity contribution in [3.8, 4) is 5.75 Å². The molecule has 7 heteroatoms. The number of ether oxygens (including phenoxy) is 1. The van der Waals surface area contributed by atoms with Crippen LogP contribution in [-0.2, 0) is 17.9 Å². The van der Waals surface area contributed by atoms with Crippen molar-refractivity contribution in [3.05, 3.63) is 47.2 Å². The summed E-state index contributed by atoms with van der Waals surface area (Å²) in [4.78, 5) is 14.1. The summed E-state index contributed by atoms with van der Waals surface area (Å²) in [5, 5.41) is 7.15. The number of aromatic nitrogens is 2. The Morgan fingerprint density at radius 3 is 2.91 bits per heavy atom. The van der Waals surface area contributed by atoms with Crippen LogP contribution in [0, 0.1) is 12.7 Å². The molecule has 23 heavy (non-hydrogen) atoms. The van der Waals surface area contributed by atoms with Gasteiger partial charge in [-0.05, 0) is 19.1 Å². The van der Waals surface area contributed by atoms with Crippen LogP contribution in [0.3, 0.4) is 0 Å². The zero-order valence-electron chi connectivity index (χ0n) is 12.8. The number of nitrogens with zero attached hydrogens (tertiary/aromatic N) is 1. The summed E-state index contributed by atoms with van der Waals surface area (Å²) in [5.41, 5.74) is 2.26. The third-order valence-corrected chi connectivity index (χ3v) is 3.30. The largest absolute Gasteiger partial charge is 0.482 e. The highest BCUT2D eigenvalue weighted by Gasteiger charge is 2.10. The molecule has 0 fully saturated rings. The van der Waals surface area contributed by atoms with Gasteiger partial charge in [-0.1, -0.05) is 5.16 Å². The number of aromatic amines is 1. The molecule has 0 aliphatic heterocycles. The highest BCUT2D eigenvalue weighted by atomic mass is 19.1. The second-order valence-corrected chi connectivity index (χ2v) is 5.30. The van der Waals surface area contributed by atoms with Crippen LogP contribution in [0.2, 0.25) is 0 Å². The van der Waals surface area contributed by atoms with Crippen LogP contribution in [0.15, 0.2) is 28.8 Å². The second kappa shape index (κ2) is 6.12. The second-order valence-electron chi connectivity index (χ2n) is 5.30. The average molecular weight is 317 g/mol. The standard InChI is InChI=1S/C16H16FN3O3/c1-9-3-13(23-20-9)8-22-16-6-15-11(5-14(16)17)4-12(19-15)7-18-10(2)21/h3-6,19H,7-8H2,1-2H3,(H,18,21). The maximum Gasteiger partial charge on any atom is 0.217 e. The molecule has 2 heterocycles. The van der Waals surface area contributed by atoms with Crippen molar-refractivity contribution in [1.82, 2.24) is 15.5 Å². The van der Waals surface area contributed by atoms with E-state index in [4.69, 9.17) is 9.26 Å². The lowest BCUT2D eigenvalue weighted by atomic mass is 10.2. The molecule has 0 spiro atoms. The number of amides is 1. The Hall–Kier alpha value is -2.83. The molecule has 0 saturated heterocycles. The van der Waals surface area contributed by atoms with Gasteiger partial charge in [0.2, 0.25) is 5.91 Å². The van der Waals surface area contributed by atoms with E-state index in [9.17, 15) is 9.18 Å². The van der Waals surface area contributed by atoms with Gasteiger partial charge in [0.1, 0.15) is 6.61 Å². The van der Waals surface area contributed by atoms with E-state index in [1.807, 2.05) is 0 Å². The van der Waals surface area contributed by atoms with Gasteiger partial charge >= 0.3 is 0 Å². The van der Waals surface area contributed by atoms with E-state index < -0.39 is 5.82 Å². The van der Waals surface area contributed by atoms with E-state index in [0.717, 1.165) is 16.9 Å². The summed E-state index contributed by atoms with van der Waals surface area (Å²) < 4.78 is 24.6. The highest BCUT2D eigenvalue weighted by molar-refractivity contribution is 5.82. The monoisotopic (exact) mass is 317 g/mol. The zero-order valence-corrected chi connectivity index (χ0v) is 12.8. The lowest BCUT2D eigenvalue weighted by Gasteiger charge is -2.05. The van der Waals surface area contributed by atoms with Crippen LogP contribution < -0.4 is 10.1 Å². The van der Waals surface area contributed by atoms with E-state index in [0.29, 0.717) is 17.7 Å². The maximum atomic E-state index is 14.1. The van der Waals surface area contributed by atoms with Crippen LogP contribution in [0.4, 0.5) is 4.39 Å². The Kier molecular flexibility index (Phi) is 4.01. The molecule has 3 rings (SSSR count). The molecule has 6 nitrogen and oxygen atoms in total. The van der Waals surface area contributed by atoms with Crippen molar-refractivity contribution in [2.45, 2.75) is 27.0 Å². The van der Waals surface area contributed by atoms with Gasteiger partial charge in [-0.25, -0.2) is 4.39 Å². The Morgan fingerprint density at radius 2 is 2.22 bits per heavy atom. The first kappa shape index (κ1) is 15.1. The Balaban J connectivity index is 1.77. The molecule has 0 unspecified atom stereocenters. The first-order valence-corrected chi connectivity index (χ1v) is 7.12. The summed E-state index contributed by atoms with van der Waals surface area (Å²) in [7, 11) is 0. The van der Waals surface area contributed by atoms with Crippen molar-refractivity contribution in [1.29, 1.82) is 0 Å². The summed E-state index contributed by atoms with van der Waals surface area (Å²) in [5.74, 6) is 0.0688. The van der Waals surface area contributed by atoms with Gasteiger partial charge in [0.15, 0.2) is 17.3 Å². The SMILES string of the molecule is CC(=O)NCc1cc2cc(F)c(OCc3cc(C)no3)cc2[nH]1. The molecule has 1 amide bonds. The molecule has 3 aromatic rings. The summed E-state index contributed by atoms with van der Waals surface area (Å²) in [6.45, 7) is 3.70. The predicted octanol–water partition coefficient (Wildman–Crippen LogP) is 2.82. The van der Waals surface area contributed by atoms with Gasteiger partial charge in [-0.2, -0.15) is 0 Å². The van der Waals surface area contributed by atoms with Crippen LogP contribution in [0.5, 0.6) is 5.75 Å². The minimum absolute atomic E-state index is 0.0999. The smallest absolute Gasteiger partial charge is 0.217 e. The van der Waals surface area contributed by atoms with E-state index in [1.165, 1.54) is 13.0 Å². The lowest BCUT2D eigenvalue weighted by molar-refractivity contribution is -0.119. The van der Waals surface area contributed by atoms with E-state index in [-0.39, 0.29) is 18.3 Å². The quantitative estimate of drug-likeness (QED) is 0.758. The number of H-pyrrole nitrogens is 1. The molecule has 0 atom stereocenters. The van der Waals surface area contributed by atoms with Crippen molar-refractivity contribution >= 4 is 16.8 Å². The third-order valence-electron chi connectivity index (χ3n) is 3.30. The van der Waals surface area contributed by atoms with Gasteiger partial charge in [0.05, 0.1) is 12.2 Å². The highest BCUT2D eigenvalue weighted by Crippen LogP contribution is 2.26. The molecule has 120 valence electrons. The summed E-state index contributed by atoms with van der Waals surface area (Å²) >= 11 is 0. The minimum Gasteiger partial charge on any atom is -0.482 e. The first-order valence-electron chi connectivity index (χ1n) is 7.12. The Bertz CT molecular complexity index is 853. The number of halogens is 1. The zero-order chi connectivity index (χ0) is 16.4. The molecular formula is C16H16FN3O3. The summed E-state index contributed by atoms with van der Waals surface area (Å²) in [6, 6.07) is 6.50. The fourth-order valence-corrected chi connectivity index (χ4v) is 2.25. The number of aryl methyl sites for hydroxylation is 1. The van der Waals surface area contributed by atoms with E-state index >= 15 is 0 Å². The molecule has 1 aromatic carbocycles. The number of hydrogen-bond donors (Lipinski definition) is 2. The van der Waals surface area contributed by atoms with Gasteiger partial charge in [0.25, 0.3) is 0 Å². The number of carbonyl (C=O) groups is 1. The number of fused-ring (bicyclic) bond motifs is 1. The molecule has 0 aliphatic rings. The number of hydrogen-bond acceptors (Lipinski definition) is 4. The molecule has 2 N–H and O–H groups in total. The average Bonchev–Trinajstić information content (AvgIpc) is 3.08. The van der Waals surface area contributed by atoms with Gasteiger partial charge < -0.3 is 19.6 Å². The molecule has 0 aliphatic carbocycles. The number of carbonyl (C=O) groups excluding carboxylic acids is 1. The molecule has 0 radical (unpaired) electrons. The first-order chi connectivity index (χ1) is 11.0. The molecular weight excluding hydrogens is 301 g/mol. The van der Waals surface area contributed by atoms with Gasteiger partial charge in [-0.3, -0.25) is 4.79 Å². The Morgan fingerprint density at radius 1 is 1.39 bits per heavy atom. The third kappa shape index (κ3) is 3.50. The van der Waals surface area contributed by atoms with Gasteiger partial charge in [-0.15, -0.1) is 0 Å². The minimum atomic E-state index is -0.459. The van der Waals surface area contributed by atoms with Crippen LogP contribution in [0.25, 0.3) is 10.9 Å². The van der Waals surface area contributed by atoms with Crippen molar-refractivity contribution in [2.24, 2.45) is 0 Å². The Labute approximate surface area is 131 Å². The van der Waals surface area contributed by atoms with Crippen molar-refractivity contribution in [3.63, 3.8) is 0 Å². The number of benzene rings is 1. The predicted molar refractivity (Wildman–Crippen MR) is 81.3 cm³/mol. The van der Waals surface area contributed by atoms with Crippen LogP contribution >= 0.6 is 0 Å². The maximum absolute atomic E-state index is 14.1. The fourth-order valence-electron chi connectivity index (χ4n) is 2.25. The van der Waals surface area contributed by atoms with Gasteiger partial charge in [0, 0.05) is 35.7 Å². The van der Waals surface area contributed by atoms with Crippen LogP contribution in [-0.4, -0.2) is 16.0 Å². The van der Waals surface area contributed by atoms with Crippen molar-refractivity contribution in [2.75, 3.05) is 0 Å². The van der Waals surface area contributed by atoms with E-state index in [1.54, 1.807) is 25.1 Å². The van der Waals surface area contributed by atoms with E-state index in [2.05, 4.69) is 15.5 Å². The molecule has 2 aromatic heterocycles. The normalized spacial score (nSPS) is 10.9.